The van der Waals surface area contributed by atoms with Gasteiger partial charge < -0.3 is 9.15 Å². The van der Waals surface area contributed by atoms with E-state index in [1.54, 1.807) is 0 Å². The number of ether oxygens (including phenoxy) is 1. The highest BCUT2D eigenvalue weighted by atomic mass is 16.5. The van der Waals surface area contributed by atoms with E-state index in [1.807, 2.05) is 42.5 Å². The number of carbonyl (C=O) groups is 1. The van der Waals surface area contributed by atoms with Gasteiger partial charge in [-0.2, -0.15) is 5.10 Å². The molecule has 0 saturated carbocycles. The largest absolute Gasteiger partial charge is 0.492 e. The standard InChI is InChI=1S/C29H38N4O3/c1-7-8-24-20(6)27(31-32-28(24)34)22-11-14-25-26(17-22)36-29(30-25)21-9-12-23(13-10-21)35-16-15-33(18(2)3)19(4)5/h9-14,17-20,24H,7-8,15-16H2,1-6H3,(H,32,34)/t20-,24-/m0/s1. The zero-order valence-electron chi connectivity index (χ0n) is 22.2. The summed E-state index contributed by atoms with van der Waals surface area (Å²) in [7, 11) is 0. The van der Waals surface area contributed by atoms with Crippen LogP contribution in [0.15, 0.2) is 52.0 Å². The molecule has 192 valence electrons. The van der Waals surface area contributed by atoms with E-state index in [0.29, 0.717) is 30.2 Å². The summed E-state index contributed by atoms with van der Waals surface area (Å²) < 4.78 is 12.1. The van der Waals surface area contributed by atoms with Gasteiger partial charge in [0, 0.05) is 41.6 Å². The lowest BCUT2D eigenvalue weighted by atomic mass is 9.82. The van der Waals surface area contributed by atoms with Crippen LogP contribution in [0, 0.1) is 11.8 Å². The quantitative estimate of drug-likeness (QED) is 0.384. The van der Waals surface area contributed by atoms with Gasteiger partial charge >= 0.3 is 0 Å². The molecule has 0 saturated heterocycles. The van der Waals surface area contributed by atoms with Crippen molar-refractivity contribution < 1.29 is 13.9 Å². The Morgan fingerprint density at radius 1 is 1.06 bits per heavy atom. The van der Waals surface area contributed by atoms with E-state index in [-0.39, 0.29) is 17.7 Å². The molecule has 36 heavy (non-hydrogen) atoms. The highest BCUT2D eigenvalue weighted by Crippen LogP contribution is 2.30. The molecule has 0 aliphatic carbocycles. The number of hydrazone groups is 1. The summed E-state index contributed by atoms with van der Waals surface area (Å²) in [5.74, 6) is 1.37. The lowest BCUT2D eigenvalue weighted by Gasteiger charge is -2.30. The molecular weight excluding hydrogens is 452 g/mol. The normalized spacial score (nSPS) is 18.2. The number of hydrogen-bond acceptors (Lipinski definition) is 6. The number of fused-ring (bicyclic) bond motifs is 1. The van der Waals surface area contributed by atoms with Crippen LogP contribution in [0.2, 0.25) is 0 Å². The van der Waals surface area contributed by atoms with Gasteiger partial charge in [0.1, 0.15) is 17.9 Å². The van der Waals surface area contributed by atoms with E-state index in [9.17, 15) is 4.79 Å². The van der Waals surface area contributed by atoms with E-state index in [2.05, 4.69) is 62.0 Å². The van der Waals surface area contributed by atoms with Crippen LogP contribution in [0.1, 0.15) is 59.9 Å². The summed E-state index contributed by atoms with van der Waals surface area (Å²) in [6, 6.07) is 14.8. The highest BCUT2D eigenvalue weighted by molar-refractivity contribution is 6.07. The molecule has 0 fully saturated rings. The summed E-state index contributed by atoms with van der Waals surface area (Å²) in [6.07, 6.45) is 1.80. The van der Waals surface area contributed by atoms with Crippen LogP contribution in [0.3, 0.4) is 0 Å². The first-order valence-corrected chi connectivity index (χ1v) is 13.1. The number of hydrogen-bond donors (Lipinski definition) is 1. The maximum atomic E-state index is 12.3. The lowest BCUT2D eigenvalue weighted by Crippen LogP contribution is -2.40. The lowest BCUT2D eigenvalue weighted by molar-refractivity contribution is -0.126. The summed E-state index contributed by atoms with van der Waals surface area (Å²) in [5.41, 5.74) is 6.90. The average Bonchev–Trinajstić information content (AvgIpc) is 3.28. The van der Waals surface area contributed by atoms with Gasteiger partial charge in [0.2, 0.25) is 11.8 Å². The molecule has 1 amide bonds. The molecule has 0 spiro atoms. The summed E-state index contributed by atoms with van der Waals surface area (Å²) in [5, 5.41) is 4.37. The number of aromatic nitrogens is 1. The molecule has 2 heterocycles. The molecule has 3 aromatic rings. The fourth-order valence-electron chi connectivity index (χ4n) is 5.02. The molecule has 2 atom stereocenters. The van der Waals surface area contributed by atoms with Crippen molar-refractivity contribution >= 4 is 22.7 Å². The van der Waals surface area contributed by atoms with E-state index in [1.165, 1.54) is 0 Å². The van der Waals surface area contributed by atoms with Crippen molar-refractivity contribution in [2.24, 2.45) is 16.9 Å². The van der Waals surface area contributed by atoms with Gasteiger partial charge in [0.25, 0.3) is 0 Å². The Bertz CT molecular complexity index is 1200. The minimum atomic E-state index is -0.0666. The van der Waals surface area contributed by atoms with Crippen molar-refractivity contribution in [3.63, 3.8) is 0 Å². The molecule has 7 heteroatoms. The molecule has 7 nitrogen and oxygen atoms in total. The van der Waals surface area contributed by atoms with Crippen LogP contribution in [0.25, 0.3) is 22.6 Å². The van der Waals surface area contributed by atoms with Gasteiger partial charge in [-0.05, 0) is 70.5 Å². The zero-order chi connectivity index (χ0) is 25.8. The Hall–Kier alpha value is -3.19. The Morgan fingerprint density at radius 3 is 2.42 bits per heavy atom. The third-order valence-corrected chi connectivity index (χ3v) is 6.99. The molecular formula is C29H38N4O3. The molecule has 4 rings (SSSR count). The predicted octanol–water partition coefficient (Wildman–Crippen LogP) is 5.88. The van der Waals surface area contributed by atoms with Crippen molar-refractivity contribution in [1.82, 2.24) is 15.3 Å². The number of oxazole rings is 1. The first-order valence-electron chi connectivity index (χ1n) is 13.1. The zero-order valence-corrected chi connectivity index (χ0v) is 22.2. The maximum Gasteiger partial charge on any atom is 0.243 e. The van der Waals surface area contributed by atoms with Crippen LogP contribution in [-0.2, 0) is 4.79 Å². The van der Waals surface area contributed by atoms with E-state index < -0.39 is 0 Å². The minimum Gasteiger partial charge on any atom is -0.492 e. The second-order valence-electron chi connectivity index (χ2n) is 10.2. The van der Waals surface area contributed by atoms with Crippen molar-refractivity contribution in [1.29, 1.82) is 0 Å². The van der Waals surface area contributed by atoms with Crippen molar-refractivity contribution in [3.05, 3.63) is 48.0 Å². The summed E-state index contributed by atoms with van der Waals surface area (Å²) >= 11 is 0. The molecule has 1 aliphatic heterocycles. The molecule has 0 unspecified atom stereocenters. The van der Waals surface area contributed by atoms with Gasteiger partial charge in [0.05, 0.1) is 5.71 Å². The van der Waals surface area contributed by atoms with Crippen molar-refractivity contribution in [2.75, 3.05) is 13.2 Å². The number of benzene rings is 2. The number of nitrogens with one attached hydrogen (secondary N) is 1. The third kappa shape index (κ3) is 5.62. The second-order valence-corrected chi connectivity index (χ2v) is 10.2. The van der Waals surface area contributed by atoms with Gasteiger partial charge in [-0.1, -0.05) is 26.3 Å². The Labute approximate surface area is 213 Å². The third-order valence-electron chi connectivity index (χ3n) is 6.99. The Balaban J connectivity index is 1.46. The molecule has 2 aromatic carbocycles. The fraction of sp³-hybridized carbons (Fsp3) is 0.483. The number of carbonyl (C=O) groups excluding carboxylic acids is 1. The molecule has 0 bridgehead atoms. The molecule has 1 aromatic heterocycles. The minimum absolute atomic E-state index is 0.000672. The fourth-order valence-corrected chi connectivity index (χ4v) is 5.02. The highest BCUT2D eigenvalue weighted by Gasteiger charge is 2.32. The SMILES string of the molecule is CCC[C@@H]1C(=O)NN=C(c2ccc3nc(-c4ccc(OCCN(C(C)C)C(C)C)cc4)oc3c2)[C@H]1C. The monoisotopic (exact) mass is 490 g/mol. The van der Waals surface area contributed by atoms with Gasteiger partial charge in [-0.15, -0.1) is 0 Å². The van der Waals surface area contributed by atoms with Crippen LogP contribution in [0.5, 0.6) is 5.75 Å². The first kappa shape index (κ1) is 25.9. The second kappa shape index (κ2) is 11.2. The van der Waals surface area contributed by atoms with Crippen molar-refractivity contribution in [2.45, 2.75) is 66.5 Å². The number of rotatable bonds is 10. The van der Waals surface area contributed by atoms with Gasteiger partial charge in [-0.25, -0.2) is 10.4 Å². The number of nitrogens with zero attached hydrogens (tertiary/aromatic N) is 3. The molecule has 1 N–H and O–H groups in total. The smallest absolute Gasteiger partial charge is 0.243 e. The van der Waals surface area contributed by atoms with Gasteiger partial charge in [0.15, 0.2) is 5.58 Å². The predicted molar refractivity (Wildman–Crippen MR) is 144 cm³/mol. The number of amides is 1. The van der Waals surface area contributed by atoms with E-state index in [0.717, 1.165) is 47.5 Å². The van der Waals surface area contributed by atoms with Gasteiger partial charge in [-0.3, -0.25) is 9.69 Å². The summed E-state index contributed by atoms with van der Waals surface area (Å²) in [4.78, 5) is 19.3. The maximum absolute atomic E-state index is 12.3. The molecule has 1 aliphatic rings. The molecule has 0 radical (unpaired) electrons. The van der Waals surface area contributed by atoms with Crippen LogP contribution < -0.4 is 10.2 Å². The average molecular weight is 491 g/mol. The van der Waals surface area contributed by atoms with Crippen LogP contribution >= 0.6 is 0 Å². The topological polar surface area (TPSA) is 80.0 Å². The van der Waals surface area contributed by atoms with Crippen LogP contribution in [0.4, 0.5) is 0 Å². The summed E-state index contributed by atoms with van der Waals surface area (Å²) in [6.45, 7) is 14.5. The van der Waals surface area contributed by atoms with Crippen molar-refractivity contribution in [3.8, 4) is 17.2 Å². The Morgan fingerprint density at radius 2 is 1.75 bits per heavy atom. The van der Waals surface area contributed by atoms with E-state index >= 15 is 0 Å². The van der Waals surface area contributed by atoms with Crippen LogP contribution in [-0.4, -0.2) is 46.7 Å². The van der Waals surface area contributed by atoms with E-state index in [4.69, 9.17) is 9.15 Å². The first-order chi connectivity index (χ1) is 17.3. The Kier molecular flexibility index (Phi) is 8.09.